The van der Waals surface area contributed by atoms with Crippen LogP contribution in [0.1, 0.15) is 28.0 Å². The highest BCUT2D eigenvalue weighted by atomic mass is 79.9. The van der Waals surface area contributed by atoms with Crippen LogP contribution in [0.3, 0.4) is 0 Å². The van der Waals surface area contributed by atoms with E-state index in [0.29, 0.717) is 30.9 Å². The third-order valence-corrected chi connectivity index (χ3v) is 5.81. The second-order valence-corrected chi connectivity index (χ2v) is 8.59. The molecule has 0 aliphatic carbocycles. The number of aromatic nitrogens is 2. The average molecular weight is 495 g/mol. The van der Waals surface area contributed by atoms with Crippen LogP contribution in [0.15, 0.2) is 65.4 Å². The van der Waals surface area contributed by atoms with Gasteiger partial charge in [0.15, 0.2) is 0 Å². The Balaban J connectivity index is 1.42. The first-order valence-corrected chi connectivity index (χ1v) is 11.2. The third-order valence-electron chi connectivity index (χ3n) is 5.37. The Labute approximate surface area is 194 Å². The minimum atomic E-state index is -0.182. The monoisotopic (exact) mass is 494 g/mol. The Hall–Kier alpha value is -3.26. The Bertz CT molecular complexity index is 1140. The highest BCUT2D eigenvalue weighted by Crippen LogP contribution is 2.19. The molecule has 1 fully saturated rings. The second kappa shape index (κ2) is 9.91. The molecule has 1 aliphatic rings. The molecule has 0 unspecified atom stereocenters. The van der Waals surface area contributed by atoms with E-state index < -0.39 is 0 Å². The van der Waals surface area contributed by atoms with Crippen LogP contribution in [0.25, 0.3) is 0 Å². The summed E-state index contributed by atoms with van der Waals surface area (Å²) < 4.78 is 0.738. The van der Waals surface area contributed by atoms with Gasteiger partial charge in [0.05, 0.1) is 6.42 Å². The lowest BCUT2D eigenvalue weighted by atomic mass is 10.1. The molecule has 0 atom stereocenters. The van der Waals surface area contributed by atoms with Gasteiger partial charge in [-0.25, -0.2) is 4.98 Å². The van der Waals surface area contributed by atoms with E-state index in [9.17, 15) is 14.7 Å². The van der Waals surface area contributed by atoms with Gasteiger partial charge in [-0.2, -0.15) is 0 Å². The van der Waals surface area contributed by atoms with E-state index in [4.69, 9.17) is 0 Å². The first kappa shape index (κ1) is 22.0. The number of ketones is 1. The van der Waals surface area contributed by atoms with Gasteiger partial charge in [-0.1, -0.05) is 18.2 Å². The molecule has 0 bridgehead atoms. The molecular formula is C24H23BrN4O3. The maximum Gasteiger partial charge on any atom is 0.227 e. The third kappa shape index (κ3) is 5.31. The number of carbonyl (C=O) groups excluding carboxylic acids is 2. The number of benzene rings is 1. The Morgan fingerprint density at radius 3 is 2.66 bits per heavy atom. The zero-order valence-electron chi connectivity index (χ0n) is 17.4. The lowest BCUT2D eigenvalue weighted by Crippen LogP contribution is -2.36. The maximum atomic E-state index is 12.8. The van der Waals surface area contributed by atoms with Gasteiger partial charge in [-0.15, -0.1) is 0 Å². The smallest absolute Gasteiger partial charge is 0.227 e. The van der Waals surface area contributed by atoms with Gasteiger partial charge in [0.25, 0.3) is 0 Å². The van der Waals surface area contributed by atoms with Crippen LogP contribution < -0.4 is 4.90 Å². The van der Waals surface area contributed by atoms with Gasteiger partial charge in [0.1, 0.15) is 17.3 Å². The molecule has 1 saturated heterocycles. The van der Waals surface area contributed by atoms with Crippen LogP contribution in [-0.4, -0.2) is 57.8 Å². The first-order chi connectivity index (χ1) is 15.5. The molecule has 1 aliphatic heterocycles. The largest absolute Gasteiger partial charge is 0.508 e. The summed E-state index contributed by atoms with van der Waals surface area (Å²) >= 11 is 3.34. The number of hydrogen-bond donors (Lipinski definition) is 1. The number of pyridine rings is 2. The number of phenols is 1. The molecule has 0 saturated carbocycles. The predicted molar refractivity (Wildman–Crippen MR) is 125 cm³/mol. The molecule has 0 radical (unpaired) electrons. The standard InChI is InChI=1S/C24H23BrN4O3/c25-19-14-18(15-26-16-19)24(32)21-6-2-7-22(27-21)28-8-3-9-29(11-10-28)23(31)13-17-4-1-5-20(30)12-17/h1-2,4-7,12,14-16,30H,3,8-11,13H2. The maximum absolute atomic E-state index is 12.8. The zero-order valence-corrected chi connectivity index (χ0v) is 19.0. The van der Waals surface area contributed by atoms with Crippen LogP contribution in [-0.2, 0) is 11.2 Å². The molecule has 1 amide bonds. The summed E-state index contributed by atoms with van der Waals surface area (Å²) in [6.45, 7) is 2.62. The SMILES string of the molecule is O=C(c1cncc(Br)c1)c1cccc(N2CCCN(C(=O)Cc3cccc(O)c3)CC2)n1. The van der Waals surface area contributed by atoms with Crippen molar-refractivity contribution in [1.82, 2.24) is 14.9 Å². The number of aromatic hydroxyl groups is 1. The predicted octanol–water partition coefficient (Wildman–Crippen LogP) is 3.46. The molecule has 4 rings (SSSR count). The molecule has 0 spiro atoms. The number of carbonyl (C=O) groups is 2. The lowest BCUT2D eigenvalue weighted by molar-refractivity contribution is -0.130. The summed E-state index contributed by atoms with van der Waals surface area (Å²) in [5.41, 5.74) is 1.64. The van der Waals surface area contributed by atoms with Crippen molar-refractivity contribution in [3.8, 4) is 5.75 Å². The van der Waals surface area contributed by atoms with Crippen molar-refractivity contribution >= 4 is 33.4 Å². The Morgan fingerprint density at radius 2 is 1.84 bits per heavy atom. The van der Waals surface area contributed by atoms with E-state index in [2.05, 4.69) is 30.8 Å². The van der Waals surface area contributed by atoms with Gasteiger partial charge in [-0.3, -0.25) is 14.6 Å². The number of phenolic OH excluding ortho intramolecular Hbond substituents is 1. The molecule has 1 N–H and O–H groups in total. The molecule has 1 aromatic carbocycles. The van der Waals surface area contributed by atoms with Gasteiger partial charge in [-0.05, 0) is 58.2 Å². The second-order valence-electron chi connectivity index (χ2n) is 7.67. The molecular weight excluding hydrogens is 472 g/mol. The van der Waals surface area contributed by atoms with Crippen molar-refractivity contribution in [2.75, 3.05) is 31.1 Å². The number of halogens is 1. The minimum absolute atomic E-state index is 0.0384. The van der Waals surface area contributed by atoms with Crippen molar-refractivity contribution in [3.63, 3.8) is 0 Å². The molecule has 3 heterocycles. The van der Waals surface area contributed by atoms with Crippen LogP contribution in [0, 0.1) is 0 Å². The van der Waals surface area contributed by atoms with E-state index in [-0.39, 0.29) is 23.9 Å². The number of hydrogen-bond acceptors (Lipinski definition) is 6. The van der Waals surface area contributed by atoms with Crippen LogP contribution in [0.2, 0.25) is 0 Å². The Morgan fingerprint density at radius 1 is 1.00 bits per heavy atom. The fraction of sp³-hybridized carbons (Fsp3) is 0.250. The number of rotatable bonds is 5. The summed E-state index contributed by atoms with van der Waals surface area (Å²) in [6, 6.07) is 13.9. The normalized spacial score (nSPS) is 14.2. The first-order valence-electron chi connectivity index (χ1n) is 10.4. The van der Waals surface area contributed by atoms with E-state index in [1.54, 1.807) is 36.5 Å². The average Bonchev–Trinajstić information content (AvgIpc) is 3.05. The summed E-state index contributed by atoms with van der Waals surface area (Å²) in [7, 11) is 0. The topological polar surface area (TPSA) is 86.6 Å². The van der Waals surface area contributed by atoms with Crippen molar-refractivity contribution in [2.24, 2.45) is 0 Å². The Kier molecular flexibility index (Phi) is 6.80. The summed E-state index contributed by atoms with van der Waals surface area (Å²) in [6.07, 6.45) is 4.23. The number of amides is 1. The molecule has 8 heteroatoms. The number of anilines is 1. The van der Waals surface area contributed by atoms with Crippen LogP contribution >= 0.6 is 15.9 Å². The molecule has 164 valence electrons. The fourth-order valence-corrected chi connectivity index (χ4v) is 4.12. The van der Waals surface area contributed by atoms with E-state index in [1.807, 2.05) is 23.1 Å². The quantitative estimate of drug-likeness (QED) is 0.546. The van der Waals surface area contributed by atoms with Gasteiger partial charge in [0, 0.05) is 48.6 Å². The summed E-state index contributed by atoms with van der Waals surface area (Å²) in [4.78, 5) is 38.2. The highest BCUT2D eigenvalue weighted by molar-refractivity contribution is 9.10. The highest BCUT2D eigenvalue weighted by Gasteiger charge is 2.21. The van der Waals surface area contributed by atoms with Gasteiger partial charge < -0.3 is 14.9 Å². The van der Waals surface area contributed by atoms with Crippen LogP contribution in [0.4, 0.5) is 5.82 Å². The zero-order chi connectivity index (χ0) is 22.5. The van der Waals surface area contributed by atoms with Crippen molar-refractivity contribution in [1.29, 1.82) is 0 Å². The molecule has 32 heavy (non-hydrogen) atoms. The van der Waals surface area contributed by atoms with Crippen LogP contribution in [0.5, 0.6) is 5.75 Å². The van der Waals surface area contributed by atoms with Gasteiger partial charge >= 0.3 is 0 Å². The molecule has 2 aromatic heterocycles. The van der Waals surface area contributed by atoms with E-state index in [1.165, 1.54) is 6.20 Å². The van der Waals surface area contributed by atoms with Crippen molar-refractivity contribution < 1.29 is 14.7 Å². The van der Waals surface area contributed by atoms with E-state index in [0.717, 1.165) is 28.8 Å². The fourth-order valence-electron chi connectivity index (χ4n) is 3.76. The minimum Gasteiger partial charge on any atom is -0.508 e. The summed E-state index contributed by atoms with van der Waals surface area (Å²) in [5, 5.41) is 9.62. The van der Waals surface area contributed by atoms with Crippen molar-refractivity contribution in [2.45, 2.75) is 12.8 Å². The summed E-state index contributed by atoms with van der Waals surface area (Å²) in [5.74, 6) is 0.743. The van der Waals surface area contributed by atoms with Crippen molar-refractivity contribution in [3.05, 3.63) is 82.2 Å². The van der Waals surface area contributed by atoms with E-state index >= 15 is 0 Å². The number of nitrogens with zero attached hydrogens (tertiary/aromatic N) is 4. The lowest BCUT2D eigenvalue weighted by Gasteiger charge is -2.23. The molecule has 3 aromatic rings. The van der Waals surface area contributed by atoms with Gasteiger partial charge in [0.2, 0.25) is 11.7 Å². The molecule has 7 nitrogen and oxygen atoms in total.